The van der Waals surface area contributed by atoms with E-state index < -0.39 is 0 Å². The zero-order chi connectivity index (χ0) is 10.6. The first-order valence-electron chi connectivity index (χ1n) is 4.38. The third-order valence-corrected chi connectivity index (χ3v) is 2.33. The molecule has 0 aliphatic carbocycles. The van der Waals surface area contributed by atoms with Crippen LogP contribution in [0.5, 0.6) is 0 Å². The lowest BCUT2D eigenvalue weighted by Crippen LogP contribution is -2.28. The van der Waals surface area contributed by atoms with Crippen LogP contribution in [0.25, 0.3) is 0 Å². The summed E-state index contributed by atoms with van der Waals surface area (Å²) in [5.74, 6) is 0.0807. The predicted molar refractivity (Wildman–Crippen MR) is 57.0 cm³/mol. The van der Waals surface area contributed by atoms with Gasteiger partial charge < -0.3 is 15.5 Å². The van der Waals surface area contributed by atoms with Gasteiger partial charge >= 0.3 is 0 Å². The van der Waals surface area contributed by atoms with Crippen LogP contribution in [0.3, 0.4) is 0 Å². The first kappa shape index (κ1) is 11.3. The number of carbonyl (C=O) groups is 1. The molecule has 1 aromatic heterocycles. The van der Waals surface area contributed by atoms with Crippen molar-refractivity contribution >= 4 is 21.8 Å². The fourth-order valence-electron chi connectivity index (χ4n) is 0.949. The van der Waals surface area contributed by atoms with Crippen LogP contribution in [0.15, 0.2) is 21.2 Å². The highest BCUT2D eigenvalue weighted by atomic mass is 79.9. The van der Waals surface area contributed by atoms with Gasteiger partial charge in [0.05, 0.1) is 10.7 Å². The van der Waals surface area contributed by atoms with Crippen LogP contribution in [0.4, 0.5) is 0 Å². The largest absolute Gasteiger partial charge is 0.458 e. The van der Waals surface area contributed by atoms with Gasteiger partial charge in [0, 0.05) is 12.6 Å². The molecule has 0 saturated heterocycles. The lowest BCUT2D eigenvalue weighted by Gasteiger charge is -2.05. The molecule has 0 spiro atoms. The molecule has 14 heavy (non-hydrogen) atoms. The third-order valence-electron chi connectivity index (χ3n) is 1.71. The summed E-state index contributed by atoms with van der Waals surface area (Å²) in [6.45, 7) is 2.46. The molecule has 78 valence electrons. The highest BCUT2D eigenvalue weighted by Gasteiger charge is 2.12. The molecule has 5 heteroatoms. The van der Waals surface area contributed by atoms with E-state index in [4.69, 9.17) is 10.2 Å². The van der Waals surface area contributed by atoms with Gasteiger partial charge in [0.2, 0.25) is 5.76 Å². The average Bonchev–Trinajstić information content (AvgIpc) is 2.50. The number of halogens is 1. The molecule has 0 bridgehead atoms. The topological polar surface area (TPSA) is 68.3 Å². The monoisotopic (exact) mass is 260 g/mol. The van der Waals surface area contributed by atoms with Gasteiger partial charge in [-0.2, -0.15) is 0 Å². The maximum atomic E-state index is 11.4. The van der Waals surface area contributed by atoms with Crippen molar-refractivity contribution in [2.75, 3.05) is 6.54 Å². The summed E-state index contributed by atoms with van der Waals surface area (Å²) >= 11 is 3.21. The maximum absolute atomic E-state index is 11.4. The van der Waals surface area contributed by atoms with Gasteiger partial charge in [-0.05, 0) is 35.3 Å². The molecule has 0 radical (unpaired) electrons. The van der Waals surface area contributed by atoms with Crippen LogP contribution in [-0.2, 0) is 0 Å². The van der Waals surface area contributed by atoms with Gasteiger partial charge in [-0.3, -0.25) is 4.79 Å². The van der Waals surface area contributed by atoms with Gasteiger partial charge in [-0.25, -0.2) is 0 Å². The Morgan fingerprint density at radius 3 is 3.00 bits per heavy atom. The van der Waals surface area contributed by atoms with Crippen molar-refractivity contribution in [1.82, 2.24) is 5.32 Å². The van der Waals surface area contributed by atoms with E-state index in [-0.39, 0.29) is 11.9 Å². The van der Waals surface area contributed by atoms with E-state index in [0.29, 0.717) is 16.8 Å². The molecule has 1 atom stereocenters. The number of nitrogens with one attached hydrogen (secondary N) is 1. The summed E-state index contributed by atoms with van der Waals surface area (Å²) in [5, 5.41) is 2.71. The van der Waals surface area contributed by atoms with Gasteiger partial charge in [0.25, 0.3) is 5.91 Å². The lowest BCUT2D eigenvalue weighted by molar-refractivity contribution is 0.0924. The first-order chi connectivity index (χ1) is 6.61. The number of rotatable bonds is 4. The second-order valence-corrected chi connectivity index (χ2v) is 3.97. The molecule has 0 saturated carbocycles. The Balaban J connectivity index is 2.40. The minimum absolute atomic E-state index is 0.0929. The van der Waals surface area contributed by atoms with Gasteiger partial charge in [0.15, 0.2) is 0 Å². The number of amides is 1. The first-order valence-corrected chi connectivity index (χ1v) is 5.17. The Hall–Kier alpha value is -0.810. The zero-order valence-corrected chi connectivity index (χ0v) is 9.50. The van der Waals surface area contributed by atoms with Crippen molar-refractivity contribution in [2.45, 2.75) is 19.4 Å². The minimum atomic E-state index is -0.220. The van der Waals surface area contributed by atoms with E-state index in [0.717, 1.165) is 6.42 Å². The molecule has 3 N–H and O–H groups in total. The Kier molecular flexibility index (Phi) is 4.16. The standard InChI is InChI=1S/C9H13BrN2O2/c1-6(11)2-4-12-9(13)8-7(10)3-5-14-8/h3,5-6H,2,4,11H2,1H3,(H,12,13). The molecule has 4 nitrogen and oxygen atoms in total. The molecule has 0 aliphatic heterocycles. The SMILES string of the molecule is CC(N)CCNC(=O)c1occc1Br. The van der Waals surface area contributed by atoms with E-state index in [1.54, 1.807) is 6.07 Å². The molecular weight excluding hydrogens is 248 g/mol. The molecule has 0 fully saturated rings. The summed E-state index contributed by atoms with van der Waals surface area (Å²) in [5.41, 5.74) is 5.54. The fraction of sp³-hybridized carbons (Fsp3) is 0.444. The Morgan fingerprint density at radius 2 is 2.50 bits per heavy atom. The van der Waals surface area contributed by atoms with Crippen molar-refractivity contribution in [1.29, 1.82) is 0 Å². The number of hydrogen-bond donors (Lipinski definition) is 2. The summed E-state index contributed by atoms with van der Waals surface area (Å²) in [6, 6.07) is 1.77. The maximum Gasteiger partial charge on any atom is 0.288 e. The fourth-order valence-corrected chi connectivity index (χ4v) is 1.33. The lowest BCUT2D eigenvalue weighted by atomic mass is 10.2. The van der Waals surface area contributed by atoms with Crippen LogP contribution in [-0.4, -0.2) is 18.5 Å². The van der Waals surface area contributed by atoms with Gasteiger partial charge in [-0.1, -0.05) is 0 Å². The smallest absolute Gasteiger partial charge is 0.288 e. The Morgan fingerprint density at radius 1 is 1.79 bits per heavy atom. The van der Waals surface area contributed by atoms with Crippen molar-refractivity contribution in [2.24, 2.45) is 5.73 Å². The van der Waals surface area contributed by atoms with E-state index in [9.17, 15) is 4.79 Å². The molecule has 0 aromatic carbocycles. The second-order valence-electron chi connectivity index (χ2n) is 3.12. The molecule has 1 rings (SSSR count). The van der Waals surface area contributed by atoms with Crippen LogP contribution < -0.4 is 11.1 Å². The summed E-state index contributed by atoms with van der Waals surface area (Å²) < 4.78 is 5.66. The van der Waals surface area contributed by atoms with E-state index in [1.807, 2.05) is 6.92 Å². The molecule has 1 aromatic rings. The van der Waals surface area contributed by atoms with E-state index >= 15 is 0 Å². The quantitative estimate of drug-likeness (QED) is 0.863. The van der Waals surface area contributed by atoms with Gasteiger partial charge in [0.1, 0.15) is 0 Å². The molecule has 1 unspecified atom stereocenters. The highest BCUT2D eigenvalue weighted by Crippen LogP contribution is 2.16. The number of hydrogen-bond acceptors (Lipinski definition) is 3. The summed E-state index contributed by atoms with van der Waals surface area (Å²) in [6.07, 6.45) is 2.22. The normalized spacial score (nSPS) is 12.5. The number of nitrogens with two attached hydrogens (primary N) is 1. The highest BCUT2D eigenvalue weighted by molar-refractivity contribution is 9.10. The van der Waals surface area contributed by atoms with Crippen molar-refractivity contribution in [3.63, 3.8) is 0 Å². The van der Waals surface area contributed by atoms with Crippen LogP contribution >= 0.6 is 15.9 Å². The van der Waals surface area contributed by atoms with Crippen LogP contribution in [0, 0.1) is 0 Å². The minimum Gasteiger partial charge on any atom is -0.458 e. The molecule has 1 amide bonds. The summed E-state index contributed by atoms with van der Waals surface area (Å²) in [4.78, 5) is 11.4. The molecule has 1 heterocycles. The van der Waals surface area contributed by atoms with Crippen LogP contribution in [0.1, 0.15) is 23.9 Å². The summed E-state index contributed by atoms with van der Waals surface area (Å²) in [7, 11) is 0. The van der Waals surface area contributed by atoms with E-state index in [1.165, 1.54) is 6.26 Å². The van der Waals surface area contributed by atoms with Crippen molar-refractivity contribution in [3.05, 3.63) is 22.6 Å². The van der Waals surface area contributed by atoms with Gasteiger partial charge in [-0.15, -0.1) is 0 Å². The van der Waals surface area contributed by atoms with Crippen molar-refractivity contribution in [3.8, 4) is 0 Å². The second kappa shape index (κ2) is 5.17. The third kappa shape index (κ3) is 3.16. The van der Waals surface area contributed by atoms with Crippen LogP contribution in [0.2, 0.25) is 0 Å². The molecule has 0 aliphatic rings. The molecular formula is C9H13BrN2O2. The Bertz CT molecular complexity index is 310. The van der Waals surface area contributed by atoms with E-state index in [2.05, 4.69) is 21.2 Å². The zero-order valence-electron chi connectivity index (χ0n) is 7.92. The van der Waals surface area contributed by atoms with Crippen molar-refractivity contribution < 1.29 is 9.21 Å². The number of carbonyl (C=O) groups excluding carboxylic acids is 1. The number of furan rings is 1. The predicted octanol–water partition coefficient (Wildman–Crippen LogP) is 1.51. The Labute approximate surface area is 91.0 Å². The average molecular weight is 261 g/mol.